The molecule has 4 nitrogen and oxygen atoms in total. The van der Waals surface area contributed by atoms with Crippen molar-refractivity contribution in [2.24, 2.45) is 0 Å². The zero-order chi connectivity index (χ0) is 17.9. The summed E-state index contributed by atoms with van der Waals surface area (Å²) >= 11 is 0. The second-order valence-electron chi connectivity index (χ2n) is 5.59. The van der Waals surface area contributed by atoms with Crippen LogP contribution in [-0.4, -0.2) is 26.1 Å². The number of methoxy groups -OCH3 is 1. The van der Waals surface area contributed by atoms with E-state index in [1.54, 1.807) is 13.2 Å². The Labute approximate surface area is 149 Å². The number of ketones is 1. The molecule has 25 heavy (non-hydrogen) atoms. The van der Waals surface area contributed by atoms with Crippen molar-refractivity contribution in [3.8, 4) is 11.5 Å². The second-order valence-corrected chi connectivity index (χ2v) is 5.59. The van der Waals surface area contributed by atoms with Crippen LogP contribution in [0, 0.1) is 0 Å². The highest BCUT2D eigenvalue weighted by atomic mass is 16.5. The molecule has 0 N–H and O–H groups in total. The van der Waals surface area contributed by atoms with Gasteiger partial charge in [-0.2, -0.15) is 0 Å². The lowest BCUT2D eigenvalue weighted by atomic mass is 10.1. The lowest BCUT2D eigenvalue weighted by molar-refractivity contribution is -0.112. The maximum Gasteiger partial charge on any atom is 0.152 e. The summed E-state index contributed by atoms with van der Waals surface area (Å²) < 4.78 is 16.7. The van der Waals surface area contributed by atoms with Gasteiger partial charge >= 0.3 is 0 Å². The Morgan fingerprint density at radius 2 is 1.88 bits per heavy atom. The summed E-state index contributed by atoms with van der Waals surface area (Å²) in [5.41, 5.74) is 2.01. The molecule has 0 unspecified atom stereocenters. The number of rotatable bonds is 10. The first kappa shape index (κ1) is 18.7. The van der Waals surface area contributed by atoms with Crippen molar-refractivity contribution < 1.29 is 19.0 Å². The Bertz CT molecular complexity index is 692. The van der Waals surface area contributed by atoms with Gasteiger partial charge in [0.05, 0.1) is 26.9 Å². The monoisotopic (exact) mass is 340 g/mol. The molecular formula is C21H24O4. The van der Waals surface area contributed by atoms with Gasteiger partial charge in [-0.15, -0.1) is 0 Å². The number of hydrogen-bond acceptors (Lipinski definition) is 4. The molecule has 0 aliphatic carbocycles. The van der Waals surface area contributed by atoms with Crippen molar-refractivity contribution in [2.45, 2.75) is 20.0 Å². The molecule has 132 valence electrons. The predicted molar refractivity (Wildman–Crippen MR) is 98.9 cm³/mol. The third-order valence-corrected chi connectivity index (χ3v) is 3.52. The van der Waals surface area contributed by atoms with E-state index in [0.29, 0.717) is 25.6 Å². The van der Waals surface area contributed by atoms with Crippen LogP contribution in [-0.2, 0) is 16.1 Å². The standard InChI is InChI=1S/C21H24O4/c1-17(22)9-10-19-11-12-20(23-2)15-21(19)25-14-6-13-24-16-18-7-4-3-5-8-18/h3-5,7-12,15H,6,13-14,16H2,1-2H3. The fourth-order valence-corrected chi connectivity index (χ4v) is 2.22. The summed E-state index contributed by atoms with van der Waals surface area (Å²) in [5, 5.41) is 0. The van der Waals surface area contributed by atoms with Crippen LogP contribution in [0.1, 0.15) is 24.5 Å². The third-order valence-electron chi connectivity index (χ3n) is 3.52. The molecule has 0 spiro atoms. The molecule has 0 radical (unpaired) electrons. The maximum absolute atomic E-state index is 11.1. The van der Waals surface area contributed by atoms with Crippen LogP contribution in [0.25, 0.3) is 6.08 Å². The number of allylic oxidation sites excluding steroid dienone is 1. The lowest BCUT2D eigenvalue weighted by Gasteiger charge is -2.11. The van der Waals surface area contributed by atoms with E-state index < -0.39 is 0 Å². The molecule has 4 heteroatoms. The van der Waals surface area contributed by atoms with Gasteiger partial charge < -0.3 is 14.2 Å². The van der Waals surface area contributed by atoms with E-state index in [1.165, 1.54) is 13.0 Å². The number of carbonyl (C=O) groups excluding carboxylic acids is 1. The highest BCUT2D eigenvalue weighted by molar-refractivity contribution is 5.91. The van der Waals surface area contributed by atoms with Gasteiger partial charge in [0.25, 0.3) is 0 Å². The fourth-order valence-electron chi connectivity index (χ4n) is 2.22. The first-order valence-corrected chi connectivity index (χ1v) is 8.30. The largest absolute Gasteiger partial charge is 0.497 e. The van der Waals surface area contributed by atoms with Gasteiger partial charge in [0.15, 0.2) is 5.78 Å². The normalized spacial score (nSPS) is 10.8. The van der Waals surface area contributed by atoms with Crippen molar-refractivity contribution >= 4 is 11.9 Å². The van der Waals surface area contributed by atoms with E-state index in [4.69, 9.17) is 14.2 Å². The van der Waals surface area contributed by atoms with Gasteiger partial charge in [0.1, 0.15) is 11.5 Å². The Morgan fingerprint density at radius 3 is 2.60 bits per heavy atom. The first-order chi connectivity index (χ1) is 12.2. The number of benzene rings is 2. The van der Waals surface area contributed by atoms with Gasteiger partial charge in [-0.25, -0.2) is 0 Å². The molecule has 0 heterocycles. The van der Waals surface area contributed by atoms with Gasteiger partial charge in [-0.3, -0.25) is 4.79 Å². The molecule has 0 saturated carbocycles. The van der Waals surface area contributed by atoms with E-state index >= 15 is 0 Å². The smallest absolute Gasteiger partial charge is 0.152 e. The highest BCUT2D eigenvalue weighted by Crippen LogP contribution is 2.26. The highest BCUT2D eigenvalue weighted by Gasteiger charge is 2.04. The summed E-state index contributed by atoms with van der Waals surface area (Å²) in [6.45, 7) is 3.28. The van der Waals surface area contributed by atoms with Crippen LogP contribution in [0.15, 0.2) is 54.6 Å². The Kier molecular flexibility index (Phi) is 7.73. The van der Waals surface area contributed by atoms with Crippen LogP contribution < -0.4 is 9.47 Å². The van der Waals surface area contributed by atoms with Crippen molar-refractivity contribution in [1.82, 2.24) is 0 Å². The molecule has 2 rings (SSSR count). The molecule has 0 saturated heterocycles. The van der Waals surface area contributed by atoms with Crippen LogP contribution in [0.3, 0.4) is 0 Å². The predicted octanol–water partition coefficient (Wildman–Crippen LogP) is 4.28. The summed E-state index contributed by atoms with van der Waals surface area (Å²) in [7, 11) is 1.61. The van der Waals surface area contributed by atoms with Crippen LogP contribution >= 0.6 is 0 Å². The average Bonchev–Trinajstić information content (AvgIpc) is 2.64. The first-order valence-electron chi connectivity index (χ1n) is 8.30. The quantitative estimate of drug-likeness (QED) is 0.478. The van der Waals surface area contributed by atoms with E-state index in [0.717, 1.165) is 23.3 Å². The lowest BCUT2D eigenvalue weighted by Crippen LogP contribution is -2.04. The fraction of sp³-hybridized carbons (Fsp3) is 0.286. The van der Waals surface area contributed by atoms with Crippen molar-refractivity contribution in [3.05, 3.63) is 65.7 Å². The summed E-state index contributed by atoms with van der Waals surface area (Å²) in [4.78, 5) is 11.1. The average molecular weight is 340 g/mol. The van der Waals surface area contributed by atoms with E-state index in [1.807, 2.05) is 48.5 Å². The number of carbonyl (C=O) groups is 1. The Hall–Kier alpha value is -2.59. The Morgan fingerprint density at radius 1 is 1.08 bits per heavy atom. The SMILES string of the molecule is COc1ccc(C=CC(C)=O)c(OCCCOCc2ccccc2)c1. The third kappa shape index (κ3) is 6.81. The molecule has 0 bridgehead atoms. The van der Waals surface area contributed by atoms with E-state index in [9.17, 15) is 4.79 Å². The second kappa shape index (κ2) is 10.3. The minimum absolute atomic E-state index is 0.00363. The molecule has 0 aliphatic rings. The molecule has 0 fully saturated rings. The van der Waals surface area contributed by atoms with Gasteiger partial charge in [0, 0.05) is 18.1 Å². The molecule has 0 aromatic heterocycles. The van der Waals surface area contributed by atoms with Crippen molar-refractivity contribution in [2.75, 3.05) is 20.3 Å². The summed E-state index contributed by atoms with van der Waals surface area (Å²) in [6, 6.07) is 15.6. The van der Waals surface area contributed by atoms with Gasteiger partial charge in [0.2, 0.25) is 0 Å². The molecule has 0 aliphatic heterocycles. The molecule has 2 aromatic carbocycles. The molecule has 0 atom stereocenters. The minimum atomic E-state index is -0.00363. The van der Waals surface area contributed by atoms with Crippen molar-refractivity contribution in [1.29, 1.82) is 0 Å². The Balaban J connectivity index is 1.81. The summed E-state index contributed by atoms with van der Waals surface area (Å²) in [5.74, 6) is 1.41. The summed E-state index contributed by atoms with van der Waals surface area (Å²) in [6.07, 6.45) is 4.06. The van der Waals surface area contributed by atoms with Crippen molar-refractivity contribution in [3.63, 3.8) is 0 Å². The zero-order valence-electron chi connectivity index (χ0n) is 14.7. The molecule has 2 aromatic rings. The maximum atomic E-state index is 11.1. The van der Waals surface area contributed by atoms with Crippen LogP contribution in [0.5, 0.6) is 11.5 Å². The molecule has 0 amide bonds. The molecular weight excluding hydrogens is 316 g/mol. The van der Waals surface area contributed by atoms with Gasteiger partial charge in [-0.1, -0.05) is 30.3 Å². The zero-order valence-corrected chi connectivity index (χ0v) is 14.7. The van der Waals surface area contributed by atoms with Gasteiger partial charge in [-0.05, 0) is 36.8 Å². The number of ether oxygens (including phenoxy) is 3. The number of hydrogen-bond donors (Lipinski definition) is 0. The van der Waals surface area contributed by atoms with Crippen LogP contribution in [0.4, 0.5) is 0 Å². The van der Waals surface area contributed by atoms with Crippen LogP contribution in [0.2, 0.25) is 0 Å². The van der Waals surface area contributed by atoms with E-state index in [-0.39, 0.29) is 5.78 Å². The van der Waals surface area contributed by atoms with E-state index in [2.05, 4.69) is 0 Å². The minimum Gasteiger partial charge on any atom is -0.497 e. The topological polar surface area (TPSA) is 44.8 Å².